The number of hydrogen-bond donors (Lipinski definition) is 3. The summed E-state index contributed by atoms with van der Waals surface area (Å²) in [5.74, 6) is -1.95. The summed E-state index contributed by atoms with van der Waals surface area (Å²) in [6.07, 6.45) is 2.77. The molecule has 0 aliphatic carbocycles. The van der Waals surface area contributed by atoms with Gasteiger partial charge in [0.05, 0.1) is 24.1 Å². The van der Waals surface area contributed by atoms with E-state index in [1.165, 1.54) is 24.8 Å². The molecule has 0 saturated heterocycles. The zero-order valence-electron chi connectivity index (χ0n) is 18.1. The molecule has 5 aromatic rings. The predicted molar refractivity (Wildman–Crippen MR) is 122 cm³/mol. The first kappa shape index (κ1) is 22.7. The first-order chi connectivity index (χ1) is 16.5. The van der Waals surface area contributed by atoms with Crippen molar-refractivity contribution in [2.24, 2.45) is 0 Å². The molecule has 0 unspecified atom stereocenters. The fourth-order valence-electron chi connectivity index (χ4n) is 3.28. The monoisotopic (exact) mass is 468 g/mol. The highest BCUT2D eigenvalue weighted by molar-refractivity contribution is 5.82. The fourth-order valence-corrected chi connectivity index (χ4v) is 3.28. The van der Waals surface area contributed by atoms with Gasteiger partial charge in [-0.25, -0.2) is 37.8 Å². The van der Waals surface area contributed by atoms with Crippen LogP contribution in [-0.4, -0.2) is 29.6 Å². The van der Waals surface area contributed by atoms with Gasteiger partial charge in [0.15, 0.2) is 17.3 Å². The van der Waals surface area contributed by atoms with Gasteiger partial charge in [0, 0.05) is 6.07 Å². The fraction of sp³-hybridized carbons (Fsp3) is 0.136. The number of H-pyrrole nitrogens is 1. The van der Waals surface area contributed by atoms with Gasteiger partial charge in [-0.3, -0.25) is 10.2 Å². The maximum Gasteiger partial charge on any atom is 0.283 e. The van der Waals surface area contributed by atoms with Gasteiger partial charge in [0.25, 0.3) is 5.56 Å². The lowest BCUT2D eigenvalue weighted by Crippen LogP contribution is -2.32. The van der Waals surface area contributed by atoms with Crippen molar-refractivity contribution in [1.29, 1.82) is 0 Å². The van der Waals surface area contributed by atoms with Crippen LogP contribution in [-0.2, 0) is 6.54 Å². The van der Waals surface area contributed by atoms with Crippen LogP contribution in [0.15, 0.2) is 53.8 Å². The van der Waals surface area contributed by atoms with Crippen LogP contribution in [0.2, 0.25) is 0 Å². The lowest BCUT2D eigenvalue weighted by molar-refractivity contribution is 0.583. The highest BCUT2D eigenvalue weighted by atomic mass is 19.1. The lowest BCUT2D eigenvalue weighted by atomic mass is 10.2. The van der Waals surface area contributed by atoms with Crippen LogP contribution in [0, 0.1) is 17.5 Å². The summed E-state index contributed by atoms with van der Waals surface area (Å²) in [5, 5.41) is 2.75. The number of nitrogens with one attached hydrogen (secondary N) is 3. The van der Waals surface area contributed by atoms with E-state index in [9.17, 15) is 18.0 Å². The highest BCUT2D eigenvalue weighted by Gasteiger charge is 2.16. The molecule has 0 fully saturated rings. The molecule has 0 amide bonds. The van der Waals surface area contributed by atoms with E-state index in [-0.39, 0.29) is 29.0 Å². The average molecular weight is 468 g/mol. The van der Waals surface area contributed by atoms with Crippen LogP contribution < -0.4 is 16.3 Å². The Hall–Kier alpha value is -4.48. The molecule has 12 heteroatoms. The Morgan fingerprint density at radius 1 is 1.03 bits per heavy atom. The van der Waals surface area contributed by atoms with Crippen molar-refractivity contribution in [3.63, 3.8) is 0 Å². The molecule has 9 nitrogen and oxygen atoms in total. The first-order valence-electron chi connectivity index (χ1n) is 10.3. The van der Waals surface area contributed by atoms with Gasteiger partial charge in [-0.1, -0.05) is 19.9 Å². The summed E-state index contributed by atoms with van der Waals surface area (Å²) in [6, 6.07) is 6.74. The zero-order chi connectivity index (χ0) is 24.2. The van der Waals surface area contributed by atoms with Gasteiger partial charge < -0.3 is 10.3 Å². The molecule has 34 heavy (non-hydrogen) atoms. The Kier molecular flexibility index (Phi) is 6.39. The molecule has 174 valence electrons. The molecule has 0 spiro atoms. The molecule has 0 aliphatic heterocycles. The van der Waals surface area contributed by atoms with Crippen molar-refractivity contribution in [3.8, 4) is 0 Å². The van der Waals surface area contributed by atoms with E-state index in [1.807, 2.05) is 13.8 Å². The summed E-state index contributed by atoms with van der Waals surface area (Å²) >= 11 is 0. The number of aromatic nitrogens is 6. The number of imidazole rings is 1. The minimum Gasteiger partial charge on any atom is -0.361 e. The third kappa shape index (κ3) is 4.37. The van der Waals surface area contributed by atoms with Gasteiger partial charge in [-0.15, -0.1) is 0 Å². The Morgan fingerprint density at radius 2 is 1.79 bits per heavy atom. The van der Waals surface area contributed by atoms with E-state index < -0.39 is 23.0 Å². The second-order valence-corrected chi connectivity index (χ2v) is 6.75. The van der Waals surface area contributed by atoms with E-state index >= 15 is 0 Å². The maximum absolute atomic E-state index is 14.4. The van der Waals surface area contributed by atoms with Crippen LogP contribution in [0.4, 0.5) is 24.7 Å². The van der Waals surface area contributed by atoms with Crippen LogP contribution in [0.1, 0.15) is 19.7 Å². The second-order valence-electron chi connectivity index (χ2n) is 6.75. The molecule has 0 aliphatic rings. The third-order valence-electron chi connectivity index (χ3n) is 4.66. The lowest BCUT2D eigenvalue weighted by Gasteiger charge is -2.16. The first-order valence-corrected chi connectivity index (χ1v) is 10.3. The van der Waals surface area contributed by atoms with Crippen molar-refractivity contribution in [1.82, 2.24) is 29.6 Å². The van der Waals surface area contributed by atoms with E-state index in [0.29, 0.717) is 23.0 Å². The summed E-state index contributed by atoms with van der Waals surface area (Å²) in [4.78, 5) is 32.6. The van der Waals surface area contributed by atoms with Crippen molar-refractivity contribution in [3.05, 3.63) is 82.7 Å². The molecule has 5 rings (SSSR count). The number of rotatable bonds is 5. The number of hydrogen-bond acceptors (Lipinski definition) is 7. The average Bonchev–Trinajstić information content (AvgIpc) is 3.30. The van der Waals surface area contributed by atoms with Gasteiger partial charge in [-0.05, 0) is 24.3 Å². The van der Waals surface area contributed by atoms with Crippen molar-refractivity contribution >= 4 is 33.6 Å². The second kappa shape index (κ2) is 9.57. The molecule has 0 radical (unpaired) electrons. The van der Waals surface area contributed by atoms with Crippen molar-refractivity contribution < 1.29 is 13.2 Å². The quantitative estimate of drug-likeness (QED) is 0.357. The summed E-state index contributed by atoms with van der Waals surface area (Å²) in [7, 11) is 0. The molecule has 0 saturated carbocycles. The van der Waals surface area contributed by atoms with Gasteiger partial charge in [0.1, 0.15) is 34.7 Å². The van der Waals surface area contributed by atoms with E-state index in [1.54, 1.807) is 0 Å². The Balaban J connectivity index is 0.00000133. The van der Waals surface area contributed by atoms with Gasteiger partial charge in [-0.2, -0.15) is 0 Å². The van der Waals surface area contributed by atoms with Gasteiger partial charge in [0.2, 0.25) is 0 Å². The van der Waals surface area contributed by atoms with Gasteiger partial charge >= 0.3 is 0 Å². The predicted octanol–water partition coefficient (Wildman–Crippen LogP) is 3.99. The number of nitrogens with zero attached hydrogens (tertiary/aromatic N) is 5. The molecule has 0 bridgehead atoms. The van der Waals surface area contributed by atoms with E-state index in [4.69, 9.17) is 0 Å². The summed E-state index contributed by atoms with van der Waals surface area (Å²) in [6.45, 7) is 3.96. The summed E-state index contributed by atoms with van der Waals surface area (Å²) < 4.78 is 42.6. The van der Waals surface area contributed by atoms with Crippen LogP contribution in [0.5, 0.6) is 0 Å². The number of anilines is 2. The van der Waals surface area contributed by atoms with Crippen molar-refractivity contribution in [2.75, 3.05) is 10.7 Å². The molecule has 2 aromatic carbocycles. The molecular weight excluding hydrogens is 449 g/mol. The van der Waals surface area contributed by atoms with Crippen LogP contribution in [0.25, 0.3) is 22.1 Å². The SMILES string of the molecule is CC.O=c1c2c(F)cccc2nc(CNc2ncnc3nc[nH]c23)n1Nc1cc(F)cc(F)c1. The Bertz CT molecular complexity index is 1510. The standard InChI is InChI=1S/C20H13F3N8O.C2H6/c21-10-4-11(22)6-12(5-10)30-31-15(29-14-3-1-2-13(23)16(14)20(31)32)7-24-18-17-19(26-8-25-17)28-9-27-18;1-2/h1-6,8-9,30H,7H2,(H2,24,25,26,27,28);1-2H3. The summed E-state index contributed by atoms with van der Waals surface area (Å²) in [5.41, 5.74) is 2.88. The third-order valence-corrected chi connectivity index (χ3v) is 4.66. The zero-order valence-corrected chi connectivity index (χ0v) is 18.1. The number of halogens is 3. The van der Waals surface area contributed by atoms with E-state index in [2.05, 4.69) is 35.7 Å². The minimum absolute atomic E-state index is 0.0440. The molecule has 0 atom stereocenters. The van der Waals surface area contributed by atoms with Crippen LogP contribution in [0.3, 0.4) is 0 Å². The van der Waals surface area contributed by atoms with Crippen LogP contribution >= 0.6 is 0 Å². The topological polar surface area (TPSA) is 113 Å². The normalized spacial score (nSPS) is 10.7. The molecule has 3 heterocycles. The number of fused-ring (bicyclic) bond motifs is 2. The molecular formula is C22H19F3N8O. The highest BCUT2D eigenvalue weighted by Crippen LogP contribution is 2.18. The Morgan fingerprint density at radius 3 is 2.56 bits per heavy atom. The Labute approximate surface area is 190 Å². The molecule has 3 aromatic heterocycles. The minimum atomic E-state index is -0.845. The van der Waals surface area contributed by atoms with Crippen molar-refractivity contribution in [2.45, 2.75) is 20.4 Å². The number of aromatic amines is 1. The molecule has 3 N–H and O–H groups in total. The maximum atomic E-state index is 14.4. The largest absolute Gasteiger partial charge is 0.361 e. The smallest absolute Gasteiger partial charge is 0.283 e. The van der Waals surface area contributed by atoms with E-state index in [0.717, 1.165) is 22.9 Å². The number of benzene rings is 2.